The highest BCUT2D eigenvalue weighted by Gasteiger charge is 2.24. The normalized spacial score (nSPS) is 20.6. The van der Waals surface area contributed by atoms with Crippen molar-refractivity contribution in [2.45, 2.75) is 25.3 Å². The third kappa shape index (κ3) is 3.72. The molecule has 1 atom stereocenters. The number of benzene rings is 1. The Morgan fingerprint density at radius 1 is 1.29 bits per heavy atom. The minimum Gasteiger partial charge on any atom is -0.492 e. The Kier molecular flexibility index (Phi) is 4.83. The largest absolute Gasteiger partial charge is 0.492 e. The van der Waals surface area contributed by atoms with Crippen LogP contribution in [0.25, 0.3) is 0 Å². The molecule has 17 heavy (non-hydrogen) atoms. The molecule has 0 bridgehead atoms. The second-order valence-electron chi connectivity index (χ2n) is 4.53. The fraction of sp³-hybridized carbons (Fsp3) is 0.571. The summed E-state index contributed by atoms with van der Waals surface area (Å²) in [6.07, 6.45) is 3.31. The molecule has 0 aliphatic carbocycles. The van der Waals surface area contributed by atoms with Gasteiger partial charge in [0.2, 0.25) is 0 Å². The molecule has 3 nitrogen and oxygen atoms in total. The first-order valence-corrected chi connectivity index (χ1v) is 6.43. The number of likely N-dealkylation sites (tertiary alicyclic amines) is 1. The summed E-state index contributed by atoms with van der Waals surface area (Å²) >= 11 is 0. The van der Waals surface area contributed by atoms with Gasteiger partial charge in [0, 0.05) is 19.2 Å². The first-order valence-electron chi connectivity index (χ1n) is 6.43. The number of hydrogen-bond acceptors (Lipinski definition) is 3. The molecule has 1 fully saturated rings. The van der Waals surface area contributed by atoms with E-state index in [1.807, 2.05) is 30.3 Å². The van der Waals surface area contributed by atoms with Crippen LogP contribution >= 0.6 is 0 Å². The molecular formula is C14H21NO2. The van der Waals surface area contributed by atoms with Gasteiger partial charge in [-0.25, -0.2) is 0 Å². The SMILES string of the molecule is OCCCN1CCCC1COc1ccccc1. The van der Waals surface area contributed by atoms with Crippen LogP contribution in [0.3, 0.4) is 0 Å². The van der Waals surface area contributed by atoms with Gasteiger partial charge in [0.15, 0.2) is 0 Å². The topological polar surface area (TPSA) is 32.7 Å². The van der Waals surface area contributed by atoms with Gasteiger partial charge in [-0.1, -0.05) is 18.2 Å². The molecule has 2 rings (SSSR count). The molecule has 0 radical (unpaired) electrons. The van der Waals surface area contributed by atoms with Gasteiger partial charge in [-0.3, -0.25) is 4.90 Å². The third-order valence-corrected chi connectivity index (χ3v) is 3.29. The van der Waals surface area contributed by atoms with E-state index in [0.29, 0.717) is 6.04 Å². The molecular weight excluding hydrogens is 214 g/mol. The molecule has 0 saturated carbocycles. The number of aliphatic hydroxyl groups excluding tert-OH is 1. The molecule has 0 spiro atoms. The second kappa shape index (κ2) is 6.62. The zero-order valence-corrected chi connectivity index (χ0v) is 10.2. The molecule has 1 unspecified atom stereocenters. The Bertz CT molecular complexity index is 315. The van der Waals surface area contributed by atoms with Crippen molar-refractivity contribution >= 4 is 0 Å². The zero-order valence-electron chi connectivity index (χ0n) is 10.2. The summed E-state index contributed by atoms with van der Waals surface area (Å²) in [5.74, 6) is 0.946. The predicted octanol–water partition coefficient (Wildman–Crippen LogP) is 1.91. The van der Waals surface area contributed by atoms with Crippen molar-refractivity contribution in [3.8, 4) is 5.75 Å². The Hall–Kier alpha value is -1.06. The highest BCUT2D eigenvalue weighted by atomic mass is 16.5. The number of rotatable bonds is 6. The highest BCUT2D eigenvalue weighted by Crippen LogP contribution is 2.19. The maximum absolute atomic E-state index is 8.86. The van der Waals surface area contributed by atoms with Crippen molar-refractivity contribution in [1.29, 1.82) is 0 Å². The molecule has 1 N–H and O–H groups in total. The molecule has 1 aromatic carbocycles. The first-order chi connectivity index (χ1) is 8.40. The van der Waals surface area contributed by atoms with E-state index in [4.69, 9.17) is 9.84 Å². The smallest absolute Gasteiger partial charge is 0.119 e. The van der Waals surface area contributed by atoms with E-state index in [9.17, 15) is 0 Å². The van der Waals surface area contributed by atoms with Gasteiger partial charge in [0.25, 0.3) is 0 Å². The average Bonchev–Trinajstić information content (AvgIpc) is 2.82. The standard InChI is InChI=1S/C14H21NO2/c16-11-5-10-15-9-4-6-13(15)12-17-14-7-2-1-3-8-14/h1-3,7-8,13,16H,4-6,9-12H2. The third-order valence-electron chi connectivity index (χ3n) is 3.29. The maximum atomic E-state index is 8.86. The number of para-hydroxylation sites is 1. The molecule has 0 amide bonds. The monoisotopic (exact) mass is 235 g/mol. The molecule has 0 aromatic heterocycles. The Labute approximate surface area is 103 Å². The number of nitrogens with zero attached hydrogens (tertiary/aromatic N) is 1. The van der Waals surface area contributed by atoms with Crippen LogP contribution in [0.1, 0.15) is 19.3 Å². The highest BCUT2D eigenvalue weighted by molar-refractivity contribution is 5.20. The van der Waals surface area contributed by atoms with E-state index in [1.54, 1.807) is 0 Å². The molecule has 1 aliphatic heterocycles. The minimum atomic E-state index is 0.281. The van der Waals surface area contributed by atoms with Crippen LogP contribution < -0.4 is 4.74 Å². The average molecular weight is 235 g/mol. The van der Waals surface area contributed by atoms with Gasteiger partial charge in [-0.05, 0) is 37.9 Å². The zero-order chi connectivity index (χ0) is 11.9. The number of hydrogen-bond donors (Lipinski definition) is 1. The van der Waals surface area contributed by atoms with Crippen molar-refractivity contribution < 1.29 is 9.84 Å². The number of ether oxygens (including phenoxy) is 1. The van der Waals surface area contributed by atoms with Gasteiger partial charge >= 0.3 is 0 Å². The summed E-state index contributed by atoms with van der Waals surface area (Å²) in [6.45, 7) is 3.17. The molecule has 94 valence electrons. The quantitative estimate of drug-likeness (QED) is 0.817. The first kappa shape index (κ1) is 12.4. The fourth-order valence-electron chi connectivity index (χ4n) is 2.36. The van der Waals surface area contributed by atoms with Gasteiger partial charge in [0.05, 0.1) is 0 Å². The van der Waals surface area contributed by atoms with E-state index in [-0.39, 0.29) is 6.61 Å². The van der Waals surface area contributed by atoms with Gasteiger partial charge in [0.1, 0.15) is 12.4 Å². The van der Waals surface area contributed by atoms with Crippen LogP contribution in [0.15, 0.2) is 30.3 Å². The van der Waals surface area contributed by atoms with Gasteiger partial charge < -0.3 is 9.84 Å². The molecule has 1 aromatic rings. The maximum Gasteiger partial charge on any atom is 0.119 e. The van der Waals surface area contributed by atoms with Crippen LogP contribution in [0.2, 0.25) is 0 Å². The summed E-state index contributed by atoms with van der Waals surface area (Å²) in [5, 5.41) is 8.86. The Morgan fingerprint density at radius 2 is 2.12 bits per heavy atom. The van der Waals surface area contributed by atoms with Crippen LogP contribution in [0.4, 0.5) is 0 Å². The van der Waals surface area contributed by atoms with E-state index >= 15 is 0 Å². The molecule has 3 heteroatoms. The van der Waals surface area contributed by atoms with Crippen molar-refractivity contribution in [1.82, 2.24) is 4.90 Å². The van der Waals surface area contributed by atoms with Crippen LogP contribution in [-0.2, 0) is 0 Å². The Balaban J connectivity index is 1.78. The molecule has 1 aliphatic rings. The molecule has 1 saturated heterocycles. The summed E-state index contributed by atoms with van der Waals surface area (Å²) in [5.41, 5.74) is 0. The Morgan fingerprint density at radius 3 is 2.88 bits per heavy atom. The lowest BCUT2D eigenvalue weighted by Crippen LogP contribution is -2.35. The number of aliphatic hydroxyl groups is 1. The fourth-order valence-corrected chi connectivity index (χ4v) is 2.36. The summed E-state index contributed by atoms with van der Waals surface area (Å²) < 4.78 is 5.80. The van der Waals surface area contributed by atoms with E-state index < -0.39 is 0 Å². The van der Waals surface area contributed by atoms with Crippen LogP contribution in [0.5, 0.6) is 5.75 Å². The lowest BCUT2D eigenvalue weighted by atomic mass is 10.2. The predicted molar refractivity (Wildman–Crippen MR) is 68.2 cm³/mol. The van der Waals surface area contributed by atoms with Crippen molar-refractivity contribution in [3.05, 3.63) is 30.3 Å². The minimum absolute atomic E-state index is 0.281. The van der Waals surface area contributed by atoms with Crippen LogP contribution in [-0.4, -0.2) is 42.4 Å². The van der Waals surface area contributed by atoms with Crippen molar-refractivity contribution in [2.24, 2.45) is 0 Å². The lowest BCUT2D eigenvalue weighted by molar-refractivity contribution is 0.160. The second-order valence-corrected chi connectivity index (χ2v) is 4.53. The summed E-state index contributed by atoms with van der Waals surface area (Å²) in [4.78, 5) is 2.43. The van der Waals surface area contributed by atoms with Gasteiger partial charge in [-0.15, -0.1) is 0 Å². The molecule has 1 heterocycles. The van der Waals surface area contributed by atoms with Gasteiger partial charge in [-0.2, -0.15) is 0 Å². The van der Waals surface area contributed by atoms with Crippen molar-refractivity contribution in [3.63, 3.8) is 0 Å². The van der Waals surface area contributed by atoms with E-state index in [1.165, 1.54) is 12.8 Å². The van der Waals surface area contributed by atoms with E-state index in [2.05, 4.69) is 4.90 Å². The van der Waals surface area contributed by atoms with Crippen molar-refractivity contribution in [2.75, 3.05) is 26.3 Å². The van der Waals surface area contributed by atoms with Crippen LogP contribution in [0, 0.1) is 0 Å². The van der Waals surface area contributed by atoms with E-state index in [0.717, 1.165) is 31.9 Å². The summed E-state index contributed by atoms with van der Waals surface area (Å²) in [7, 11) is 0. The summed E-state index contributed by atoms with van der Waals surface area (Å²) in [6, 6.07) is 10.5. The lowest BCUT2D eigenvalue weighted by Gasteiger charge is -2.24.